The highest BCUT2D eigenvalue weighted by molar-refractivity contribution is 7.20. The fourth-order valence-corrected chi connectivity index (χ4v) is 3.81. The summed E-state index contributed by atoms with van der Waals surface area (Å²) in [5.41, 5.74) is 2.85. The van der Waals surface area contributed by atoms with Crippen molar-refractivity contribution in [1.82, 2.24) is 20.3 Å². The fourth-order valence-electron chi connectivity index (χ4n) is 2.62. The van der Waals surface area contributed by atoms with Crippen LogP contribution in [0.3, 0.4) is 0 Å². The molecular weight excluding hydrogens is 308 g/mol. The molecule has 0 atom stereocenters. The van der Waals surface area contributed by atoms with E-state index in [1.54, 1.807) is 6.20 Å². The van der Waals surface area contributed by atoms with Crippen molar-refractivity contribution in [2.24, 2.45) is 0 Å². The number of carbonyl (C=O) groups excluding carboxylic acids is 1. The van der Waals surface area contributed by atoms with Crippen molar-refractivity contribution in [3.8, 4) is 0 Å². The Bertz CT molecular complexity index is 858. The minimum absolute atomic E-state index is 0.0570. The first kappa shape index (κ1) is 15.6. The Hall–Kier alpha value is -2.34. The van der Waals surface area contributed by atoms with Gasteiger partial charge < -0.3 is 5.32 Å². The van der Waals surface area contributed by atoms with E-state index in [-0.39, 0.29) is 5.91 Å². The van der Waals surface area contributed by atoms with E-state index in [9.17, 15) is 4.79 Å². The van der Waals surface area contributed by atoms with Crippen LogP contribution in [0, 0.1) is 20.8 Å². The third kappa shape index (κ3) is 3.22. The molecule has 0 saturated heterocycles. The number of aryl methyl sites for hydroxylation is 3. The number of rotatable bonds is 4. The zero-order valence-electron chi connectivity index (χ0n) is 13.4. The van der Waals surface area contributed by atoms with Crippen molar-refractivity contribution in [1.29, 1.82) is 0 Å². The van der Waals surface area contributed by atoms with Crippen LogP contribution in [0.15, 0.2) is 24.4 Å². The normalized spacial score (nSPS) is 10.9. The molecule has 6 heteroatoms. The third-order valence-electron chi connectivity index (χ3n) is 3.68. The monoisotopic (exact) mass is 326 g/mol. The molecule has 5 nitrogen and oxygen atoms in total. The fraction of sp³-hybridized carbons (Fsp3) is 0.294. The molecule has 3 rings (SSSR count). The van der Waals surface area contributed by atoms with Crippen molar-refractivity contribution < 1.29 is 4.79 Å². The summed E-state index contributed by atoms with van der Waals surface area (Å²) in [6, 6.07) is 5.79. The van der Waals surface area contributed by atoms with Gasteiger partial charge in [0, 0.05) is 35.9 Å². The maximum atomic E-state index is 12.5. The molecule has 0 aliphatic carbocycles. The molecule has 0 aromatic carbocycles. The molecule has 0 radical (unpaired) electrons. The number of hydrogen-bond acceptors (Lipinski definition) is 5. The number of carbonyl (C=O) groups is 1. The van der Waals surface area contributed by atoms with E-state index < -0.39 is 0 Å². The Labute approximate surface area is 138 Å². The quantitative estimate of drug-likeness (QED) is 0.800. The molecule has 0 spiro atoms. The smallest absolute Gasteiger partial charge is 0.261 e. The van der Waals surface area contributed by atoms with Crippen LogP contribution >= 0.6 is 11.3 Å². The zero-order valence-corrected chi connectivity index (χ0v) is 14.2. The Morgan fingerprint density at radius 1 is 1.22 bits per heavy atom. The van der Waals surface area contributed by atoms with E-state index in [4.69, 9.17) is 0 Å². The molecule has 23 heavy (non-hydrogen) atoms. The largest absolute Gasteiger partial charge is 0.351 e. The number of fused-ring (bicyclic) bond motifs is 1. The predicted molar refractivity (Wildman–Crippen MR) is 91.9 cm³/mol. The molecule has 0 aliphatic rings. The molecule has 0 aliphatic heterocycles. The molecule has 0 unspecified atom stereocenters. The van der Waals surface area contributed by atoms with Gasteiger partial charge in [0.15, 0.2) is 0 Å². The maximum absolute atomic E-state index is 12.5. The van der Waals surface area contributed by atoms with Gasteiger partial charge >= 0.3 is 0 Å². The van der Waals surface area contributed by atoms with E-state index in [1.807, 2.05) is 39.0 Å². The number of nitrogens with zero attached hydrogens (tertiary/aromatic N) is 3. The summed E-state index contributed by atoms with van der Waals surface area (Å²) in [6.45, 7) is 6.35. The minimum atomic E-state index is -0.0570. The summed E-state index contributed by atoms with van der Waals surface area (Å²) in [5.74, 6) is 0.678. The predicted octanol–water partition coefficient (Wildman–Crippen LogP) is 2.98. The molecule has 1 N–H and O–H groups in total. The summed E-state index contributed by atoms with van der Waals surface area (Å²) in [5, 5.41) is 3.96. The van der Waals surface area contributed by atoms with Crippen LogP contribution in [0.1, 0.15) is 32.4 Å². The van der Waals surface area contributed by atoms with Gasteiger partial charge in [0.05, 0.1) is 4.88 Å². The third-order valence-corrected chi connectivity index (χ3v) is 4.87. The maximum Gasteiger partial charge on any atom is 0.261 e. The van der Waals surface area contributed by atoms with Crippen LogP contribution in [-0.4, -0.2) is 27.4 Å². The number of pyridine rings is 1. The first-order valence-electron chi connectivity index (χ1n) is 7.48. The van der Waals surface area contributed by atoms with Crippen molar-refractivity contribution in [3.63, 3.8) is 0 Å². The van der Waals surface area contributed by atoms with Gasteiger partial charge in [0.1, 0.15) is 10.7 Å². The van der Waals surface area contributed by atoms with Gasteiger partial charge in [-0.2, -0.15) is 0 Å². The molecule has 1 amide bonds. The van der Waals surface area contributed by atoms with Crippen LogP contribution in [0.25, 0.3) is 10.2 Å². The van der Waals surface area contributed by atoms with Crippen molar-refractivity contribution >= 4 is 27.5 Å². The Morgan fingerprint density at radius 3 is 2.78 bits per heavy atom. The first-order valence-corrected chi connectivity index (χ1v) is 8.30. The second kappa shape index (κ2) is 6.42. The number of hydrogen-bond donors (Lipinski definition) is 1. The van der Waals surface area contributed by atoms with Crippen molar-refractivity contribution in [3.05, 3.63) is 52.0 Å². The van der Waals surface area contributed by atoms with Crippen LogP contribution in [0.4, 0.5) is 0 Å². The highest BCUT2D eigenvalue weighted by atomic mass is 32.1. The van der Waals surface area contributed by atoms with E-state index in [1.165, 1.54) is 11.3 Å². The number of aromatic nitrogens is 3. The summed E-state index contributed by atoms with van der Waals surface area (Å²) in [7, 11) is 0. The number of thiophene rings is 1. The minimum Gasteiger partial charge on any atom is -0.351 e. The lowest BCUT2D eigenvalue weighted by Gasteiger charge is -2.04. The summed E-state index contributed by atoms with van der Waals surface area (Å²) >= 11 is 1.43. The molecule has 0 bridgehead atoms. The molecule has 0 fully saturated rings. The average Bonchev–Trinajstić information content (AvgIpc) is 2.85. The lowest BCUT2D eigenvalue weighted by molar-refractivity contribution is 0.0957. The average molecular weight is 326 g/mol. The van der Waals surface area contributed by atoms with Gasteiger partial charge in [-0.15, -0.1) is 11.3 Å². The Balaban J connectivity index is 1.76. The van der Waals surface area contributed by atoms with Gasteiger partial charge in [-0.25, -0.2) is 9.97 Å². The second-order valence-electron chi connectivity index (χ2n) is 5.42. The van der Waals surface area contributed by atoms with E-state index in [0.717, 1.165) is 33.0 Å². The SMILES string of the molecule is Cc1nc(C)c2c(C)c(C(=O)NCCc3ccccn3)sc2n1. The number of amides is 1. The van der Waals surface area contributed by atoms with Crippen LogP contribution in [-0.2, 0) is 6.42 Å². The van der Waals surface area contributed by atoms with Gasteiger partial charge in [0.25, 0.3) is 5.91 Å². The van der Waals surface area contributed by atoms with Crippen LogP contribution < -0.4 is 5.32 Å². The second-order valence-corrected chi connectivity index (χ2v) is 6.42. The van der Waals surface area contributed by atoms with Gasteiger partial charge in [0.2, 0.25) is 0 Å². The van der Waals surface area contributed by atoms with Crippen molar-refractivity contribution in [2.45, 2.75) is 27.2 Å². The summed E-state index contributed by atoms with van der Waals surface area (Å²) in [4.78, 5) is 27.1. The summed E-state index contributed by atoms with van der Waals surface area (Å²) < 4.78 is 0. The molecule has 118 valence electrons. The molecule has 3 aromatic heterocycles. The topological polar surface area (TPSA) is 67.8 Å². The van der Waals surface area contributed by atoms with E-state index >= 15 is 0 Å². The highest BCUT2D eigenvalue weighted by Gasteiger charge is 2.18. The first-order chi connectivity index (χ1) is 11.1. The molecule has 0 saturated carbocycles. The molecule has 3 aromatic rings. The lowest BCUT2D eigenvalue weighted by Crippen LogP contribution is -2.25. The van der Waals surface area contributed by atoms with E-state index in [2.05, 4.69) is 20.3 Å². The van der Waals surface area contributed by atoms with E-state index in [0.29, 0.717) is 17.8 Å². The lowest BCUT2D eigenvalue weighted by atomic mass is 10.1. The Kier molecular flexibility index (Phi) is 4.34. The van der Waals surface area contributed by atoms with Crippen molar-refractivity contribution in [2.75, 3.05) is 6.54 Å². The summed E-state index contributed by atoms with van der Waals surface area (Å²) in [6.07, 6.45) is 2.48. The van der Waals surface area contributed by atoms with Crippen LogP contribution in [0.2, 0.25) is 0 Å². The van der Waals surface area contributed by atoms with Gasteiger partial charge in [-0.05, 0) is 38.5 Å². The van der Waals surface area contributed by atoms with Gasteiger partial charge in [-0.1, -0.05) is 6.07 Å². The standard InChI is InChI=1S/C17H18N4OS/c1-10-14-11(2)20-12(3)21-17(14)23-15(10)16(22)19-9-7-13-6-4-5-8-18-13/h4-6,8H,7,9H2,1-3H3,(H,19,22). The highest BCUT2D eigenvalue weighted by Crippen LogP contribution is 2.31. The van der Waals surface area contributed by atoms with Gasteiger partial charge in [-0.3, -0.25) is 9.78 Å². The number of nitrogens with one attached hydrogen (secondary N) is 1. The zero-order chi connectivity index (χ0) is 16.4. The Morgan fingerprint density at radius 2 is 2.04 bits per heavy atom. The molecular formula is C17H18N4OS. The molecule has 3 heterocycles. The van der Waals surface area contributed by atoms with Crippen LogP contribution in [0.5, 0.6) is 0 Å².